The highest BCUT2D eigenvalue weighted by Crippen LogP contribution is 2.28. The van der Waals surface area contributed by atoms with Gasteiger partial charge in [0.05, 0.1) is 0 Å². The molecule has 1 aromatic carbocycles. The largest absolute Gasteiger partial charge is 0.309 e. The highest BCUT2D eigenvalue weighted by atomic mass is 79.9. The molecule has 2 rings (SSSR count). The molecule has 0 aromatic heterocycles. The average molecular weight is 254 g/mol. The van der Waals surface area contributed by atoms with E-state index in [-0.39, 0.29) is 12.2 Å². The fourth-order valence-electron chi connectivity index (χ4n) is 1.54. The molecule has 14 heavy (non-hydrogen) atoms. The number of hydrogen-bond donors (Lipinski definition) is 0. The van der Waals surface area contributed by atoms with Gasteiger partial charge < -0.3 is 4.90 Å². The van der Waals surface area contributed by atoms with Crippen LogP contribution in [0.15, 0.2) is 22.7 Å². The van der Waals surface area contributed by atoms with Crippen molar-refractivity contribution in [3.8, 4) is 0 Å². The second-order valence-electron chi connectivity index (χ2n) is 3.24. The van der Waals surface area contributed by atoms with Crippen molar-refractivity contribution >= 4 is 33.3 Å². The molecule has 72 valence electrons. The van der Waals surface area contributed by atoms with Crippen LogP contribution in [-0.4, -0.2) is 18.7 Å². The Kier molecular flexibility index (Phi) is 2.15. The SMILES string of the molecule is CN1C(=O)C(=O)Cc2ccc(Br)cc21. The van der Waals surface area contributed by atoms with Gasteiger partial charge >= 0.3 is 0 Å². The van der Waals surface area contributed by atoms with Crippen LogP contribution in [0.3, 0.4) is 0 Å². The first kappa shape index (κ1) is 9.40. The highest BCUT2D eigenvalue weighted by Gasteiger charge is 2.28. The van der Waals surface area contributed by atoms with E-state index in [0.29, 0.717) is 0 Å². The number of hydrogen-bond acceptors (Lipinski definition) is 2. The summed E-state index contributed by atoms with van der Waals surface area (Å²) in [4.78, 5) is 24.0. The van der Waals surface area contributed by atoms with Gasteiger partial charge in [-0.3, -0.25) is 9.59 Å². The maximum atomic E-state index is 11.4. The number of rotatable bonds is 0. The summed E-state index contributed by atoms with van der Waals surface area (Å²) in [6.45, 7) is 0. The maximum Gasteiger partial charge on any atom is 0.294 e. The van der Waals surface area contributed by atoms with Gasteiger partial charge in [0.1, 0.15) is 0 Å². The van der Waals surface area contributed by atoms with Gasteiger partial charge in [-0.2, -0.15) is 0 Å². The quantitative estimate of drug-likeness (QED) is 0.658. The van der Waals surface area contributed by atoms with Crippen LogP contribution >= 0.6 is 15.9 Å². The summed E-state index contributed by atoms with van der Waals surface area (Å²) >= 11 is 3.33. The lowest BCUT2D eigenvalue weighted by molar-refractivity contribution is -0.136. The Balaban J connectivity index is 2.56. The van der Waals surface area contributed by atoms with Crippen molar-refractivity contribution in [1.29, 1.82) is 0 Å². The molecule has 0 unspecified atom stereocenters. The molecule has 0 saturated carbocycles. The first-order valence-corrected chi connectivity index (χ1v) is 4.98. The summed E-state index contributed by atoms with van der Waals surface area (Å²) in [5, 5.41) is 0. The van der Waals surface area contributed by atoms with Gasteiger partial charge in [0.2, 0.25) is 5.78 Å². The van der Waals surface area contributed by atoms with Crippen LogP contribution < -0.4 is 4.90 Å². The minimum absolute atomic E-state index is 0.214. The predicted octanol–water partition coefficient (Wildman–Crippen LogP) is 1.54. The molecule has 0 bridgehead atoms. The Bertz CT molecular complexity index is 428. The Labute approximate surface area is 89.8 Å². The number of benzene rings is 1. The molecule has 0 atom stereocenters. The van der Waals surface area contributed by atoms with Gasteiger partial charge in [-0.15, -0.1) is 0 Å². The first-order chi connectivity index (χ1) is 6.59. The smallest absolute Gasteiger partial charge is 0.294 e. The molecule has 1 aromatic rings. The number of anilines is 1. The van der Waals surface area contributed by atoms with Gasteiger partial charge in [0.25, 0.3) is 5.91 Å². The van der Waals surface area contributed by atoms with Gasteiger partial charge in [-0.05, 0) is 17.7 Å². The summed E-state index contributed by atoms with van der Waals surface area (Å²) in [5.74, 6) is -0.780. The molecule has 1 aliphatic rings. The van der Waals surface area contributed by atoms with Crippen molar-refractivity contribution < 1.29 is 9.59 Å². The Hall–Kier alpha value is -1.16. The molecule has 1 heterocycles. The van der Waals surface area contributed by atoms with E-state index < -0.39 is 5.91 Å². The van der Waals surface area contributed by atoms with Crippen LogP contribution in [0.1, 0.15) is 5.56 Å². The van der Waals surface area contributed by atoms with Gasteiger partial charge in [-0.25, -0.2) is 0 Å². The van der Waals surface area contributed by atoms with E-state index in [9.17, 15) is 9.59 Å². The first-order valence-electron chi connectivity index (χ1n) is 4.19. The van der Waals surface area contributed by atoms with Crippen LogP contribution in [0.2, 0.25) is 0 Å². The third kappa shape index (κ3) is 1.35. The van der Waals surface area contributed by atoms with Crippen molar-refractivity contribution in [2.24, 2.45) is 0 Å². The number of carbonyl (C=O) groups excluding carboxylic acids is 2. The molecule has 0 N–H and O–H groups in total. The molecular weight excluding hydrogens is 246 g/mol. The number of amides is 1. The molecule has 3 nitrogen and oxygen atoms in total. The number of fused-ring (bicyclic) bond motifs is 1. The summed E-state index contributed by atoms with van der Waals surface area (Å²) in [5.41, 5.74) is 1.71. The van der Waals surface area contributed by atoms with Gasteiger partial charge in [0, 0.05) is 23.6 Å². The molecule has 1 aliphatic heterocycles. The number of ketones is 1. The average Bonchev–Trinajstić information content (AvgIpc) is 2.16. The zero-order valence-corrected chi connectivity index (χ0v) is 9.17. The third-order valence-corrected chi connectivity index (χ3v) is 2.80. The lowest BCUT2D eigenvalue weighted by Gasteiger charge is -2.24. The van der Waals surface area contributed by atoms with E-state index in [1.165, 1.54) is 4.90 Å². The summed E-state index contributed by atoms with van der Waals surface area (Å²) < 4.78 is 0.908. The summed E-state index contributed by atoms with van der Waals surface area (Å²) in [7, 11) is 1.62. The van der Waals surface area contributed by atoms with E-state index >= 15 is 0 Å². The molecule has 1 amide bonds. The van der Waals surface area contributed by atoms with Crippen molar-refractivity contribution in [3.63, 3.8) is 0 Å². The van der Waals surface area contributed by atoms with Crippen molar-refractivity contribution in [1.82, 2.24) is 0 Å². The number of nitrogens with zero attached hydrogens (tertiary/aromatic N) is 1. The maximum absolute atomic E-state index is 11.4. The van der Waals surface area contributed by atoms with E-state index in [2.05, 4.69) is 15.9 Å². The van der Waals surface area contributed by atoms with Crippen LogP contribution in [-0.2, 0) is 16.0 Å². The predicted molar refractivity (Wildman–Crippen MR) is 56.3 cm³/mol. The van der Waals surface area contributed by atoms with E-state index in [0.717, 1.165) is 15.7 Å². The van der Waals surface area contributed by atoms with Crippen molar-refractivity contribution in [3.05, 3.63) is 28.2 Å². The van der Waals surface area contributed by atoms with E-state index in [1.807, 2.05) is 18.2 Å². The molecule has 0 aliphatic carbocycles. The van der Waals surface area contributed by atoms with Crippen LogP contribution in [0.4, 0.5) is 5.69 Å². The van der Waals surface area contributed by atoms with Crippen LogP contribution in [0.5, 0.6) is 0 Å². The topological polar surface area (TPSA) is 37.4 Å². The molecule has 0 saturated heterocycles. The Morgan fingerprint density at radius 2 is 2.07 bits per heavy atom. The van der Waals surface area contributed by atoms with Crippen LogP contribution in [0.25, 0.3) is 0 Å². The fraction of sp³-hybridized carbons (Fsp3) is 0.200. The third-order valence-electron chi connectivity index (χ3n) is 2.30. The molecule has 0 radical (unpaired) electrons. The van der Waals surface area contributed by atoms with E-state index in [1.54, 1.807) is 7.05 Å². The number of Topliss-reactive ketones (excluding diaryl/α,β-unsaturated/α-hetero) is 1. The fourth-order valence-corrected chi connectivity index (χ4v) is 1.89. The zero-order valence-electron chi connectivity index (χ0n) is 7.58. The monoisotopic (exact) mass is 253 g/mol. The molecular formula is C10H8BrNO2. The second-order valence-corrected chi connectivity index (χ2v) is 4.15. The standard InChI is InChI=1S/C10H8BrNO2/c1-12-8-5-7(11)3-2-6(8)4-9(13)10(12)14/h2-3,5H,4H2,1H3. The molecule has 0 fully saturated rings. The van der Waals surface area contributed by atoms with E-state index in [4.69, 9.17) is 0 Å². The highest BCUT2D eigenvalue weighted by molar-refractivity contribution is 9.10. The number of likely N-dealkylation sites (N-methyl/N-ethyl adjacent to an activating group) is 1. The Morgan fingerprint density at radius 1 is 1.36 bits per heavy atom. The second kappa shape index (κ2) is 3.20. The van der Waals surface area contributed by atoms with Crippen LogP contribution in [0, 0.1) is 0 Å². The van der Waals surface area contributed by atoms with Crippen molar-refractivity contribution in [2.45, 2.75) is 6.42 Å². The van der Waals surface area contributed by atoms with Crippen molar-refractivity contribution in [2.75, 3.05) is 11.9 Å². The minimum Gasteiger partial charge on any atom is -0.309 e. The van der Waals surface area contributed by atoms with Gasteiger partial charge in [0.15, 0.2) is 0 Å². The summed E-state index contributed by atoms with van der Waals surface area (Å²) in [6, 6.07) is 5.58. The molecule has 4 heteroatoms. The molecule has 0 spiro atoms. The number of halogens is 1. The Morgan fingerprint density at radius 3 is 2.79 bits per heavy atom. The lowest BCUT2D eigenvalue weighted by Crippen LogP contribution is -2.38. The lowest BCUT2D eigenvalue weighted by atomic mass is 10.0. The number of carbonyl (C=O) groups is 2. The zero-order chi connectivity index (χ0) is 10.3. The minimum atomic E-state index is -0.435. The van der Waals surface area contributed by atoms with Gasteiger partial charge in [-0.1, -0.05) is 22.0 Å². The normalized spacial score (nSPS) is 15.7. The summed E-state index contributed by atoms with van der Waals surface area (Å²) in [6.07, 6.45) is 0.214.